The molecule has 0 spiro atoms. The van der Waals surface area contributed by atoms with Gasteiger partial charge in [-0.05, 0) is 50.4 Å². The minimum atomic E-state index is -0.211. The van der Waals surface area contributed by atoms with Crippen LogP contribution < -0.4 is 10.2 Å². The third-order valence-corrected chi connectivity index (χ3v) is 3.92. The number of hydrogen-bond donors (Lipinski definition) is 2. The first kappa shape index (κ1) is 14.4. The molecular formula is C16H26N2O. The van der Waals surface area contributed by atoms with Gasteiger partial charge in [-0.1, -0.05) is 19.1 Å². The van der Waals surface area contributed by atoms with Crippen LogP contribution in [-0.4, -0.2) is 30.8 Å². The van der Waals surface area contributed by atoms with E-state index >= 15 is 0 Å². The molecule has 0 saturated heterocycles. The summed E-state index contributed by atoms with van der Waals surface area (Å²) in [5.41, 5.74) is 4.18. The van der Waals surface area contributed by atoms with E-state index in [2.05, 4.69) is 42.3 Å². The van der Waals surface area contributed by atoms with E-state index in [9.17, 15) is 5.11 Å². The number of rotatable bonds is 6. The Kier molecular flexibility index (Phi) is 4.83. The van der Waals surface area contributed by atoms with Gasteiger partial charge in [-0.15, -0.1) is 0 Å². The molecule has 0 bridgehead atoms. The van der Waals surface area contributed by atoms with Gasteiger partial charge in [-0.2, -0.15) is 0 Å². The van der Waals surface area contributed by atoms with Gasteiger partial charge >= 0.3 is 0 Å². The Balaban J connectivity index is 2.07. The molecule has 0 fully saturated rings. The van der Waals surface area contributed by atoms with Crippen molar-refractivity contribution in [1.82, 2.24) is 5.32 Å². The number of aliphatic hydroxyl groups is 1. The summed E-state index contributed by atoms with van der Waals surface area (Å²) in [6, 6.07) is 7.23. The zero-order valence-corrected chi connectivity index (χ0v) is 12.3. The Hall–Kier alpha value is -1.06. The van der Waals surface area contributed by atoms with Crippen LogP contribution in [0, 0.1) is 0 Å². The Morgan fingerprint density at radius 2 is 2.16 bits per heavy atom. The summed E-state index contributed by atoms with van der Waals surface area (Å²) in [5, 5.41) is 12.9. The third kappa shape index (κ3) is 3.48. The second-order valence-corrected chi connectivity index (χ2v) is 5.54. The molecule has 1 aliphatic rings. The van der Waals surface area contributed by atoms with Crippen LogP contribution in [0.5, 0.6) is 0 Å². The maximum atomic E-state index is 9.40. The average molecular weight is 262 g/mol. The normalized spacial score (nSPS) is 17.4. The zero-order chi connectivity index (χ0) is 13.8. The maximum absolute atomic E-state index is 9.40. The van der Waals surface area contributed by atoms with Crippen molar-refractivity contribution in [2.75, 3.05) is 24.5 Å². The van der Waals surface area contributed by atoms with Crippen LogP contribution in [0.25, 0.3) is 0 Å². The molecule has 1 aliphatic heterocycles. The van der Waals surface area contributed by atoms with Crippen molar-refractivity contribution in [2.24, 2.45) is 0 Å². The molecular weight excluding hydrogens is 236 g/mol. The lowest BCUT2D eigenvalue weighted by Crippen LogP contribution is -2.24. The molecule has 1 heterocycles. The van der Waals surface area contributed by atoms with Crippen molar-refractivity contribution >= 4 is 5.69 Å². The largest absolute Gasteiger partial charge is 0.393 e. The maximum Gasteiger partial charge on any atom is 0.0528 e. The first-order chi connectivity index (χ1) is 9.11. The highest BCUT2D eigenvalue weighted by atomic mass is 16.3. The van der Waals surface area contributed by atoms with E-state index < -0.39 is 0 Å². The molecule has 0 amide bonds. The molecule has 0 saturated carbocycles. The summed E-state index contributed by atoms with van der Waals surface area (Å²) in [6.07, 6.45) is 1.76. The highest BCUT2D eigenvalue weighted by Gasteiger charge is 2.20. The molecule has 1 aromatic carbocycles. The van der Waals surface area contributed by atoms with Gasteiger partial charge in [0, 0.05) is 24.8 Å². The molecule has 1 aromatic rings. The lowest BCUT2D eigenvalue weighted by Gasteiger charge is -2.21. The standard InChI is InChI=1S/C16H26N2O/c1-4-17-13(3)14-5-6-16-15(11-14)8-10-18(16)9-7-12(2)19/h5-6,11-13,17,19H,4,7-10H2,1-3H3. The van der Waals surface area contributed by atoms with Crippen molar-refractivity contribution in [2.45, 2.75) is 45.8 Å². The highest BCUT2D eigenvalue weighted by molar-refractivity contribution is 5.59. The zero-order valence-electron chi connectivity index (χ0n) is 12.3. The molecule has 106 valence electrons. The molecule has 0 radical (unpaired) electrons. The summed E-state index contributed by atoms with van der Waals surface area (Å²) >= 11 is 0. The summed E-state index contributed by atoms with van der Waals surface area (Å²) in [6.45, 7) is 9.25. The highest BCUT2D eigenvalue weighted by Crippen LogP contribution is 2.30. The van der Waals surface area contributed by atoms with Crippen LogP contribution in [0.2, 0.25) is 0 Å². The van der Waals surface area contributed by atoms with Gasteiger partial charge in [0.1, 0.15) is 0 Å². The van der Waals surface area contributed by atoms with Crippen LogP contribution in [-0.2, 0) is 6.42 Å². The van der Waals surface area contributed by atoms with Gasteiger partial charge in [-0.3, -0.25) is 0 Å². The van der Waals surface area contributed by atoms with E-state index in [1.165, 1.54) is 16.8 Å². The quantitative estimate of drug-likeness (QED) is 0.827. The summed E-state index contributed by atoms with van der Waals surface area (Å²) in [7, 11) is 0. The van der Waals surface area contributed by atoms with Crippen molar-refractivity contribution in [3.05, 3.63) is 29.3 Å². The van der Waals surface area contributed by atoms with Gasteiger partial charge in [-0.25, -0.2) is 0 Å². The van der Waals surface area contributed by atoms with Crippen LogP contribution in [0.15, 0.2) is 18.2 Å². The van der Waals surface area contributed by atoms with Gasteiger partial charge in [0.05, 0.1) is 6.10 Å². The average Bonchev–Trinajstić information content (AvgIpc) is 2.78. The van der Waals surface area contributed by atoms with Crippen LogP contribution in [0.3, 0.4) is 0 Å². The molecule has 2 unspecified atom stereocenters. The monoisotopic (exact) mass is 262 g/mol. The second-order valence-electron chi connectivity index (χ2n) is 5.54. The fourth-order valence-corrected chi connectivity index (χ4v) is 2.76. The SMILES string of the molecule is CCNC(C)c1ccc2c(c1)CCN2CCC(C)O. The van der Waals surface area contributed by atoms with Gasteiger partial charge in [0.25, 0.3) is 0 Å². The minimum Gasteiger partial charge on any atom is -0.393 e. The Morgan fingerprint density at radius 1 is 1.37 bits per heavy atom. The second kappa shape index (κ2) is 6.40. The third-order valence-electron chi connectivity index (χ3n) is 3.92. The summed E-state index contributed by atoms with van der Waals surface area (Å²) < 4.78 is 0. The number of hydrogen-bond acceptors (Lipinski definition) is 3. The lowest BCUT2D eigenvalue weighted by molar-refractivity contribution is 0.186. The molecule has 2 atom stereocenters. The van der Waals surface area contributed by atoms with Crippen molar-refractivity contribution in [1.29, 1.82) is 0 Å². The van der Waals surface area contributed by atoms with Crippen molar-refractivity contribution in [3.8, 4) is 0 Å². The molecule has 2 rings (SSSR count). The van der Waals surface area contributed by atoms with Crippen molar-refractivity contribution in [3.63, 3.8) is 0 Å². The minimum absolute atomic E-state index is 0.211. The number of fused-ring (bicyclic) bond motifs is 1. The lowest BCUT2D eigenvalue weighted by atomic mass is 10.0. The fraction of sp³-hybridized carbons (Fsp3) is 0.625. The van der Waals surface area contributed by atoms with E-state index in [0.29, 0.717) is 6.04 Å². The van der Waals surface area contributed by atoms with E-state index in [4.69, 9.17) is 0 Å². The molecule has 0 aliphatic carbocycles. The summed E-state index contributed by atoms with van der Waals surface area (Å²) in [5.74, 6) is 0. The number of aliphatic hydroxyl groups excluding tert-OH is 1. The molecule has 2 N–H and O–H groups in total. The van der Waals surface area contributed by atoms with Gasteiger partial charge in [0.15, 0.2) is 0 Å². The van der Waals surface area contributed by atoms with Crippen LogP contribution >= 0.6 is 0 Å². The Morgan fingerprint density at radius 3 is 2.84 bits per heavy atom. The van der Waals surface area contributed by atoms with Gasteiger partial charge < -0.3 is 15.3 Å². The molecule has 19 heavy (non-hydrogen) atoms. The molecule has 3 heteroatoms. The van der Waals surface area contributed by atoms with Crippen LogP contribution in [0.4, 0.5) is 5.69 Å². The fourth-order valence-electron chi connectivity index (χ4n) is 2.76. The van der Waals surface area contributed by atoms with E-state index in [0.717, 1.165) is 32.5 Å². The van der Waals surface area contributed by atoms with Gasteiger partial charge in [0.2, 0.25) is 0 Å². The number of benzene rings is 1. The summed E-state index contributed by atoms with van der Waals surface area (Å²) in [4.78, 5) is 2.39. The Bertz CT molecular complexity index is 417. The van der Waals surface area contributed by atoms with E-state index in [-0.39, 0.29) is 6.10 Å². The Labute approximate surface area is 116 Å². The van der Waals surface area contributed by atoms with E-state index in [1.807, 2.05) is 6.92 Å². The number of nitrogens with one attached hydrogen (secondary N) is 1. The van der Waals surface area contributed by atoms with Crippen LogP contribution in [0.1, 0.15) is 44.4 Å². The smallest absolute Gasteiger partial charge is 0.0528 e. The molecule has 3 nitrogen and oxygen atoms in total. The van der Waals surface area contributed by atoms with Crippen molar-refractivity contribution < 1.29 is 5.11 Å². The first-order valence-corrected chi connectivity index (χ1v) is 7.41. The molecule has 0 aromatic heterocycles. The number of anilines is 1. The van der Waals surface area contributed by atoms with E-state index in [1.54, 1.807) is 0 Å². The first-order valence-electron chi connectivity index (χ1n) is 7.41. The predicted molar refractivity (Wildman–Crippen MR) is 80.7 cm³/mol. The number of nitrogens with zero attached hydrogens (tertiary/aromatic N) is 1. The topological polar surface area (TPSA) is 35.5 Å². The predicted octanol–water partition coefficient (Wildman–Crippen LogP) is 2.49.